The predicted octanol–water partition coefficient (Wildman–Crippen LogP) is 15.2. The second-order valence-corrected chi connectivity index (χ2v) is 16.5. The van der Waals surface area contributed by atoms with Crippen molar-refractivity contribution in [2.45, 2.75) is 24.7 Å². The van der Waals surface area contributed by atoms with Gasteiger partial charge in [-0.2, -0.15) is 0 Å². The highest BCUT2D eigenvalue weighted by Gasteiger charge is 2.47. The summed E-state index contributed by atoms with van der Waals surface area (Å²) < 4.78 is 0. The Bertz CT molecular complexity index is 2960. The van der Waals surface area contributed by atoms with Gasteiger partial charge in [0.1, 0.15) is 0 Å². The highest BCUT2D eigenvalue weighted by molar-refractivity contribution is 5.98. The quantitative estimate of drug-likeness (QED) is 0.157. The summed E-state index contributed by atoms with van der Waals surface area (Å²) in [5.74, 6) is 0. The Labute approximate surface area is 347 Å². The van der Waals surface area contributed by atoms with E-state index in [9.17, 15) is 0 Å². The minimum atomic E-state index is -0.500. The molecule has 1 nitrogen and oxygen atoms in total. The van der Waals surface area contributed by atoms with Crippen LogP contribution >= 0.6 is 0 Å². The van der Waals surface area contributed by atoms with E-state index in [1.165, 1.54) is 77.9 Å². The Morgan fingerprint density at radius 3 is 1.51 bits per heavy atom. The van der Waals surface area contributed by atoms with Crippen LogP contribution in [0, 0.1) is 0 Å². The maximum Gasteiger partial charge on any atom is 0.0714 e. The standard InChI is InChI=1S/C58H43N/c1-57(2)51-28-14-12-26-48(51)49-37-36-47(39-54(49)57)59(46-25-16-20-43(38-46)42-34-32-41(33-35-42)40-18-6-3-7-19-40)55-31-17-30-53-56(55)50-27-13-15-29-52(50)58(53,44-21-8-4-9-22-44)45-23-10-5-11-24-45/h3-39H,1-2H3. The van der Waals surface area contributed by atoms with E-state index in [0.29, 0.717) is 0 Å². The van der Waals surface area contributed by atoms with Crippen molar-refractivity contribution in [2.75, 3.05) is 4.90 Å². The minimum Gasteiger partial charge on any atom is -0.310 e. The van der Waals surface area contributed by atoms with Gasteiger partial charge in [-0.05, 0) is 103 Å². The van der Waals surface area contributed by atoms with E-state index in [0.717, 1.165) is 17.1 Å². The molecule has 0 heterocycles. The lowest BCUT2D eigenvalue weighted by molar-refractivity contribution is 0.660. The van der Waals surface area contributed by atoms with Crippen molar-refractivity contribution in [1.29, 1.82) is 0 Å². The molecule has 0 saturated heterocycles. The molecule has 0 bridgehead atoms. The van der Waals surface area contributed by atoms with Crippen molar-refractivity contribution in [3.8, 4) is 44.5 Å². The molecule has 0 fully saturated rings. The molecule has 280 valence electrons. The molecule has 59 heavy (non-hydrogen) atoms. The average molecular weight is 754 g/mol. The summed E-state index contributed by atoms with van der Waals surface area (Å²) in [5.41, 5.74) is 20.6. The molecule has 0 N–H and O–H groups in total. The zero-order valence-electron chi connectivity index (χ0n) is 33.3. The molecular weight excluding hydrogens is 711 g/mol. The van der Waals surface area contributed by atoms with Crippen molar-refractivity contribution in [3.05, 3.63) is 258 Å². The number of benzene rings is 9. The van der Waals surface area contributed by atoms with E-state index in [1.54, 1.807) is 0 Å². The molecule has 0 radical (unpaired) electrons. The molecule has 9 aromatic carbocycles. The molecule has 9 aromatic rings. The number of nitrogens with zero attached hydrogens (tertiary/aromatic N) is 1. The van der Waals surface area contributed by atoms with Crippen molar-refractivity contribution >= 4 is 17.1 Å². The van der Waals surface area contributed by atoms with Gasteiger partial charge in [0.05, 0.1) is 11.1 Å². The molecule has 2 aliphatic rings. The summed E-state index contributed by atoms with van der Waals surface area (Å²) in [6.07, 6.45) is 0. The third-order valence-electron chi connectivity index (χ3n) is 13.0. The van der Waals surface area contributed by atoms with E-state index in [4.69, 9.17) is 0 Å². The lowest BCUT2D eigenvalue weighted by Gasteiger charge is -2.34. The molecule has 0 aliphatic heterocycles. The van der Waals surface area contributed by atoms with Gasteiger partial charge in [0.2, 0.25) is 0 Å². The number of hydrogen-bond donors (Lipinski definition) is 0. The molecule has 0 amide bonds. The minimum absolute atomic E-state index is 0.142. The van der Waals surface area contributed by atoms with Crippen LogP contribution in [-0.4, -0.2) is 0 Å². The van der Waals surface area contributed by atoms with Gasteiger partial charge in [-0.15, -0.1) is 0 Å². The molecule has 0 spiro atoms. The third kappa shape index (κ3) is 5.39. The lowest BCUT2D eigenvalue weighted by Crippen LogP contribution is -2.28. The number of hydrogen-bond acceptors (Lipinski definition) is 1. The lowest BCUT2D eigenvalue weighted by atomic mass is 9.68. The van der Waals surface area contributed by atoms with Gasteiger partial charge < -0.3 is 4.90 Å². The van der Waals surface area contributed by atoms with Gasteiger partial charge in [-0.3, -0.25) is 0 Å². The molecular formula is C58H43N. The van der Waals surface area contributed by atoms with Crippen LogP contribution < -0.4 is 4.90 Å². The SMILES string of the molecule is CC1(C)c2ccccc2-c2ccc(N(c3cccc(-c4ccc(-c5ccccc5)cc4)c3)c3cccc4c3-c3ccccc3C4(c3ccccc3)c3ccccc3)cc21. The van der Waals surface area contributed by atoms with Gasteiger partial charge in [-0.25, -0.2) is 0 Å². The molecule has 0 saturated carbocycles. The van der Waals surface area contributed by atoms with Crippen molar-refractivity contribution < 1.29 is 0 Å². The average Bonchev–Trinajstić information content (AvgIpc) is 3.74. The summed E-state index contributed by atoms with van der Waals surface area (Å²) in [6, 6.07) is 83.0. The number of rotatable bonds is 7. The fraction of sp³-hybridized carbons (Fsp3) is 0.0690. The Morgan fingerprint density at radius 2 is 0.814 bits per heavy atom. The summed E-state index contributed by atoms with van der Waals surface area (Å²) >= 11 is 0. The highest BCUT2D eigenvalue weighted by atomic mass is 15.1. The summed E-state index contributed by atoms with van der Waals surface area (Å²) in [4.78, 5) is 2.52. The smallest absolute Gasteiger partial charge is 0.0714 e. The van der Waals surface area contributed by atoms with Crippen LogP contribution in [0.15, 0.2) is 224 Å². The van der Waals surface area contributed by atoms with E-state index in [-0.39, 0.29) is 5.41 Å². The van der Waals surface area contributed by atoms with Crippen molar-refractivity contribution in [2.24, 2.45) is 0 Å². The molecule has 1 heteroatoms. The first-order valence-electron chi connectivity index (χ1n) is 20.7. The fourth-order valence-electron chi connectivity index (χ4n) is 10.2. The third-order valence-corrected chi connectivity index (χ3v) is 13.0. The first kappa shape index (κ1) is 35.0. The molecule has 11 rings (SSSR count). The second kappa shape index (κ2) is 13.7. The molecule has 0 unspecified atom stereocenters. The number of anilines is 3. The summed E-state index contributed by atoms with van der Waals surface area (Å²) in [7, 11) is 0. The molecule has 0 aromatic heterocycles. The van der Waals surface area contributed by atoms with Crippen LogP contribution in [0.4, 0.5) is 17.1 Å². The summed E-state index contributed by atoms with van der Waals surface area (Å²) in [5, 5.41) is 0. The molecule has 0 atom stereocenters. The van der Waals surface area contributed by atoms with Crippen LogP contribution in [0.2, 0.25) is 0 Å². The maximum absolute atomic E-state index is 2.52. The topological polar surface area (TPSA) is 3.24 Å². The first-order chi connectivity index (χ1) is 29.0. The van der Waals surface area contributed by atoms with Crippen molar-refractivity contribution in [3.63, 3.8) is 0 Å². The molecule has 2 aliphatic carbocycles. The maximum atomic E-state index is 2.52. The Kier molecular flexibility index (Phi) is 8.13. The highest BCUT2D eigenvalue weighted by Crippen LogP contribution is 2.60. The largest absolute Gasteiger partial charge is 0.310 e. The van der Waals surface area contributed by atoms with E-state index >= 15 is 0 Å². The Hall–Kier alpha value is -7.22. The van der Waals surface area contributed by atoms with Crippen molar-refractivity contribution in [1.82, 2.24) is 0 Å². The normalized spacial score (nSPS) is 13.9. The van der Waals surface area contributed by atoms with E-state index < -0.39 is 5.41 Å². The second-order valence-electron chi connectivity index (χ2n) is 16.5. The Balaban J connectivity index is 1.15. The first-order valence-corrected chi connectivity index (χ1v) is 20.7. The van der Waals surface area contributed by atoms with Crippen LogP contribution in [0.1, 0.15) is 47.2 Å². The predicted molar refractivity (Wildman–Crippen MR) is 247 cm³/mol. The van der Waals surface area contributed by atoms with E-state index in [2.05, 4.69) is 243 Å². The van der Waals surface area contributed by atoms with Gasteiger partial charge in [0, 0.05) is 22.4 Å². The fourth-order valence-corrected chi connectivity index (χ4v) is 10.2. The zero-order chi connectivity index (χ0) is 39.6. The van der Waals surface area contributed by atoms with Crippen LogP contribution in [0.25, 0.3) is 44.5 Å². The Morgan fingerprint density at radius 1 is 0.322 bits per heavy atom. The van der Waals surface area contributed by atoms with Gasteiger partial charge in [-0.1, -0.05) is 208 Å². The van der Waals surface area contributed by atoms with Gasteiger partial charge in [0.15, 0.2) is 0 Å². The van der Waals surface area contributed by atoms with Crippen LogP contribution in [-0.2, 0) is 10.8 Å². The monoisotopic (exact) mass is 753 g/mol. The summed E-state index contributed by atoms with van der Waals surface area (Å²) in [6.45, 7) is 4.74. The van der Waals surface area contributed by atoms with Gasteiger partial charge >= 0.3 is 0 Å². The van der Waals surface area contributed by atoms with Gasteiger partial charge in [0.25, 0.3) is 0 Å². The van der Waals surface area contributed by atoms with E-state index in [1.807, 2.05) is 0 Å². The van der Waals surface area contributed by atoms with Crippen LogP contribution in [0.3, 0.4) is 0 Å². The number of fused-ring (bicyclic) bond motifs is 6. The van der Waals surface area contributed by atoms with Crippen LogP contribution in [0.5, 0.6) is 0 Å². The zero-order valence-corrected chi connectivity index (χ0v) is 33.3.